The molecule has 1 heterocycles. The topological polar surface area (TPSA) is 56.7 Å². The van der Waals surface area contributed by atoms with Gasteiger partial charge in [-0.2, -0.15) is 0 Å². The van der Waals surface area contributed by atoms with E-state index in [9.17, 15) is 0 Å². The Morgan fingerprint density at radius 1 is 1.19 bits per heavy atom. The van der Waals surface area contributed by atoms with Gasteiger partial charge in [0.05, 0.1) is 0 Å². The Morgan fingerprint density at radius 3 is 2.62 bits per heavy atom. The predicted molar refractivity (Wildman–Crippen MR) is 83.4 cm³/mol. The number of aromatic nitrogens is 3. The smallest absolute Gasteiger partial charge is 0.196 e. The van der Waals surface area contributed by atoms with E-state index in [0.717, 1.165) is 5.16 Å². The minimum atomic E-state index is 0.0360. The molecule has 0 saturated heterocycles. The van der Waals surface area contributed by atoms with Crippen LogP contribution in [0.2, 0.25) is 0 Å². The minimum Gasteiger partial charge on any atom is -0.324 e. The van der Waals surface area contributed by atoms with Crippen LogP contribution >= 0.6 is 11.8 Å². The van der Waals surface area contributed by atoms with E-state index in [-0.39, 0.29) is 6.04 Å². The molecule has 110 valence electrons. The summed E-state index contributed by atoms with van der Waals surface area (Å²) in [5, 5.41) is 9.98. The average molecular weight is 300 g/mol. The summed E-state index contributed by atoms with van der Waals surface area (Å²) in [5.41, 5.74) is 7.27. The number of hydrogen-bond donors (Lipinski definition) is 1. The van der Waals surface area contributed by atoms with Crippen molar-refractivity contribution in [1.29, 1.82) is 0 Å². The monoisotopic (exact) mass is 300 g/mol. The van der Waals surface area contributed by atoms with Gasteiger partial charge in [-0.3, -0.25) is 0 Å². The van der Waals surface area contributed by atoms with Gasteiger partial charge >= 0.3 is 0 Å². The highest BCUT2D eigenvalue weighted by molar-refractivity contribution is 7.99. The lowest BCUT2D eigenvalue weighted by molar-refractivity contribution is 0.626. The summed E-state index contributed by atoms with van der Waals surface area (Å²) in [4.78, 5) is 1.20. The molecule has 2 aliphatic carbocycles. The van der Waals surface area contributed by atoms with Crippen LogP contribution in [0.1, 0.15) is 62.0 Å². The van der Waals surface area contributed by atoms with Crippen LogP contribution < -0.4 is 5.73 Å². The first-order valence-electron chi connectivity index (χ1n) is 7.71. The molecule has 4 rings (SSSR count). The van der Waals surface area contributed by atoms with Crippen molar-refractivity contribution in [3.8, 4) is 0 Å². The molecule has 2 aliphatic rings. The molecule has 2 saturated carbocycles. The van der Waals surface area contributed by atoms with Crippen LogP contribution in [-0.2, 0) is 0 Å². The Labute approximate surface area is 129 Å². The number of benzene rings is 1. The zero-order valence-electron chi connectivity index (χ0n) is 12.2. The van der Waals surface area contributed by atoms with Gasteiger partial charge < -0.3 is 10.3 Å². The van der Waals surface area contributed by atoms with E-state index in [0.29, 0.717) is 12.0 Å². The molecule has 0 spiro atoms. The fourth-order valence-corrected chi connectivity index (χ4v) is 3.84. The van der Waals surface area contributed by atoms with Crippen LogP contribution in [0.25, 0.3) is 0 Å². The van der Waals surface area contributed by atoms with Crippen molar-refractivity contribution in [3.63, 3.8) is 0 Å². The van der Waals surface area contributed by atoms with E-state index in [1.165, 1.54) is 42.0 Å². The van der Waals surface area contributed by atoms with Crippen LogP contribution in [-0.4, -0.2) is 14.8 Å². The maximum atomic E-state index is 6.09. The van der Waals surface area contributed by atoms with Gasteiger partial charge in [-0.25, -0.2) is 0 Å². The second-order valence-electron chi connectivity index (χ2n) is 6.14. The number of hydrogen-bond acceptors (Lipinski definition) is 4. The number of nitrogens with two attached hydrogens (primary N) is 1. The molecule has 21 heavy (non-hydrogen) atoms. The summed E-state index contributed by atoms with van der Waals surface area (Å²) in [6, 6.07) is 9.01. The number of nitrogens with zero attached hydrogens (tertiary/aromatic N) is 3. The lowest BCUT2D eigenvalue weighted by Crippen LogP contribution is -2.07. The van der Waals surface area contributed by atoms with Crippen LogP contribution in [0.4, 0.5) is 0 Å². The second-order valence-corrected chi connectivity index (χ2v) is 7.15. The Hall–Kier alpha value is -1.33. The molecule has 1 atom stereocenters. The standard InChI is InChI=1S/C16H20N4S/c1-10(17)13-4-2-3-5-14(13)21-16-19-18-15(11-6-7-11)20(16)12-8-9-12/h2-5,10-12H,6-9,17H2,1H3/t10-/m1/s1. The second kappa shape index (κ2) is 5.14. The predicted octanol–water partition coefficient (Wildman–Crippen LogP) is 3.66. The van der Waals surface area contributed by atoms with Crippen molar-refractivity contribution in [2.24, 2.45) is 5.73 Å². The summed E-state index contributed by atoms with van der Waals surface area (Å²) < 4.78 is 2.39. The van der Waals surface area contributed by atoms with Gasteiger partial charge in [0.1, 0.15) is 5.82 Å². The molecule has 1 aromatic carbocycles. The Kier molecular flexibility index (Phi) is 3.27. The molecular weight excluding hydrogens is 280 g/mol. The van der Waals surface area contributed by atoms with Gasteiger partial charge in [-0.1, -0.05) is 18.2 Å². The molecule has 2 fully saturated rings. The van der Waals surface area contributed by atoms with Gasteiger partial charge in [0, 0.05) is 22.9 Å². The third kappa shape index (κ3) is 2.60. The Morgan fingerprint density at radius 2 is 1.95 bits per heavy atom. The lowest BCUT2D eigenvalue weighted by Gasteiger charge is -2.13. The lowest BCUT2D eigenvalue weighted by atomic mass is 10.1. The molecule has 2 aromatic rings. The fourth-order valence-electron chi connectivity index (χ4n) is 2.70. The highest BCUT2D eigenvalue weighted by Crippen LogP contribution is 2.47. The van der Waals surface area contributed by atoms with Crippen LogP contribution in [0, 0.1) is 0 Å². The number of rotatable bonds is 5. The fraction of sp³-hybridized carbons (Fsp3) is 0.500. The third-order valence-electron chi connectivity index (χ3n) is 4.16. The van der Waals surface area contributed by atoms with E-state index in [2.05, 4.69) is 33.0 Å². The highest BCUT2D eigenvalue weighted by atomic mass is 32.2. The first kappa shape index (κ1) is 13.3. The molecule has 0 bridgehead atoms. The van der Waals surface area contributed by atoms with E-state index in [4.69, 9.17) is 5.73 Å². The van der Waals surface area contributed by atoms with Gasteiger partial charge in [0.2, 0.25) is 0 Å². The molecule has 4 nitrogen and oxygen atoms in total. The Balaban J connectivity index is 1.68. The summed E-state index contributed by atoms with van der Waals surface area (Å²) in [6.07, 6.45) is 5.07. The van der Waals surface area contributed by atoms with Gasteiger partial charge in [-0.05, 0) is 56.0 Å². The molecule has 2 N–H and O–H groups in total. The van der Waals surface area contributed by atoms with Crippen molar-refractivity contribution in [2.45, 2.75) is 60.7 Å². The maximum Gasteiger partial charge on any atom is 0.196 e. The molecule has 0 aliphatic heterocycles. The molecule has 1 aromatic heterocycles. The van der Waals surface area contributed by atoms with E-state index >= 15 is 0 Å². The molecule has 0 unspecified atom stereocenters. The zero-order valence-corrected chi connectivity index (χ0v) is 13.0. The van der Waals surface area contributed by atoms with Crippen molar-refractivity contribution >= 4 is 11.8 Å². The average Bonchev–Trinajstić information content (AvgIpc) is 3.39. The summed E-state index contributed by atoms with van der Waals surface area (Å²) >= 11 is 1.71. The molecule has 0 radical (unpaired) electrons. The van der Waals surface area contributed by atoms with Crippen LogP contribution in [0.5, 0.6) is 0 Å². The molecule has 5 heteroatoms. The minimum absolute atomic E-state index is 0.0360. The van der Waals surface area contributed by atoms with Gasteiger partial charge in [0.15, 0.2) is 5.16 Å². The van der Waals surface area contributed by atoms with Gasteiger partial charge in [0.25, 0.3) is 0 Å². The quantitative estimate of drug-likeness (QED) is 0.915. The summed E-state index contributed by atoms with van der Waals surface area (Å²) in [6.45, 7) is 2.03. The Bertz CT molecular complexity index is 656. The summed E-state index contributed by atoms with van der Waals surface area (Å²) in [7, 11) is 0. The first-order chi connectivity index (χ1) is 10.2. The first-order valence-corrected chi connectivity index (χ1v) is 8.53. The maximum absolute atomic E-state index is 6.09. The zero-order chi connectivity index (χ0) is 14.4. The van der Waals surface area contributed by atoms with Gasteiger partial charge in [-0.15, -0.1) is 10.2 Å². The van der Waals surface area contributed by atoms with Crippen LogP contribution in [0.15, 0.2) is 34.3 Å². The SMILES string of the molecule is C[C@@H](N)c1ccccc1Sc1nnc(C2CC2)n1C1CC1. The third-order valence-corrected chi connectivity index (χ3v) is 5.21. The van der Waals surface area contributed by atoms with Crippen molar-refractivity contribution < 1.29 is 0 Å². The normalized spacial score (nSPS) is 19.7. The van der Waals surface area contributed by atoms with E-state index < -0.39 is 0 Å². The van der Waals surface area contributed by atoms with E-state index in [1.807, 2.05) is 13.0 Å². The largest absolute Gasteiger partial charge is 0.324 e. The molecular formula is C16H20N4S. The van der Waals surface area contributed by atoms with Crippen LogP contribution in [0.3, 0.4) is 0 Å². The van der Waals surface area contributed by atoms with Crippen molar-refractivity contribution in [3.05, 3.63) is 35.7 Å². The van der Waals surface area contributed by atoms with Crippen molar-refractivity contribution in [2.75, 3.05) is 0 Å². The summed E-state index contributed by atoms with van der Waals surface area (Å²) in [5.74, 6) is 1.86. The molecule has 0 amide bonds. The van der Waals surface area contributed by atoms with E-state index in [1.54, 1.807) is 11.8 Å². The van der Waals surface area contributed by atoms with Crippen molar-refractivity contribution in [1.82, 2.24) is 14.8 Å². The highest BCUT2D eigenvalue weighted by Gasteiger charge is 2.36.